The largest absolute Gasteiger partial charge is 0.497 e. The minimum Gasteiger partial charge on any atom is -0.497 e. The van der Waals surface area contributed by atoms with Gasteiger partial charge in [-0.2, -0.15) is 10.1 Å². The maximum atomic E-state index is 12.2. The summed E-state index contributed by atoms with van der Waals surface area (Å²) in [4.78, 5) is 15.8. The Labute approximate surface area is 137 Å². The molecule has 1 aliphatic carbocycles. The Hall–Kier alpha value is -2.54. The highest BCUT2D eigenvalue weighted by atomic mass is 35.5. The van der Waals surface area contributed by atoms with Crippen LogP contribution in [0.5, 0.6) is 5.75 Å². The number of guanidine groups is 1. The Bertz CT molecular complexity index is 791. The minimum atomic E-state index is -0.503. The molecule has 0 atom stereocenters. The van der Waals surface area contributed by atoms with Gasteiger partial charge in [-0.05, 0) is 25.0 Å². The van der Waals surface area contributed by atoms with Gasteiger partial charge < -0.3 is 16.2 Å². The lowest BCUT2D eigenvalue weighted by atomic mass is 10.1. The molecule has 8 heteroatoms. The van der Waals surface area contributed by atoms with Gasteiger partial charge in [0.2, 0.25) is 0 Å². The van der Waals surface area contributed by atoms with Gasteiger partial charge in [-0.3, -0.25) is 4.79 Å². The topological polar surface area (TPSA) is 109 Å². The Balaban J connectivity index is 2.12. The molecule has 1 aromatic heterocycles. The third-order valence-electron chi connectivity index (χ3n) is 3.61. The SMILES string of the molecule is COc1ccc(Cl)c(-n2ncc(C(=O)N=C(N)N)c2C2CC2)c1. The van der Waals surface area contributed by atoms with E-state index in [0.717, 1.165) is 18.5 Å². The number of nitrogens with zero attached hydrogens (tertiary/aromatic N) is 3. The Morgan fingerprint density at radius 3 is 2.78 bits per heavy atom. The van der Waals surface area contributed by atoms with Crippen LogP contribution in [0.2, 0.25) is 5.02 Å². The second-order valence-corrected chi connectivity index (χ2v) is 5.70. The highest BCUT2D eigenvalue weighted by Crippen LogP contribution is 2.43. The van der Waals surface area contributed by atoms with Crippen molar-refractivity contribution >= 4 is 23.5 Å². The van der Waals surface area contributed by atoms with Crippen LogP contribution in [0.25, 0.3) is 5.69 Å². The molecule has 1 aromatic carbocycles. The summed E-state index contributed by atoms with van der Waals surface area (Å²) in [6.45, 7) is 0. The molecule has 4 N–H and O–H groups in total. The summed E-state index contributed by atoms with van der Waals surface area (Å²) in [6, 6.07) is 5.26. The smallest absolute Gasteiger partial charge is 0.283 e. The van der Waals surface area contributed by atoms with E-state index < -0.39 is 5.91 Å². The first-order chi connectivity index (χ1) is 11.0. The number of carbonyl (C=O) groups excluding carboxylic acids is 1. The molecule has 1 amide bonds. The van der Waals surface area contributed by atoms with Crippen molar-refractivity contribution in [1.82, 2.24) is 9.78 Å². The van der Waals surface area contributed by atoms with Crippen LogP contribution in [-0.4, -0.2) is 28.8 Å². The van der Waals surface area contributed by atoms with E-state index in [1.54, 1.807) is 30.0 Å². The lowest BCUT2D eigenvalue weighted by molar-refractivity contribution is 0.100. The summed E-state index contributed by atoms with van der Waals surface area (Å²) in [5.41, 5.74) is 12.4. The molecule has 0 aliphatic heterocycles. The van der Waals surface area contributed by atoms with E-state index in [-0.39, 0.29) is 11.9 Å². The fourth-order valence-electron chi connectivity index (χ4n) is 2.42. The number of carbonyl (C=O) groups is 1. The number of hydrogen-bond acceptors (Lipinski definition) is 3. The number of aromatic nitrogens is 2. The van der Waals surface area contributed by atoms with Crippen LogP contribution in [0.15, 0.2) is 29.4 Å². The zero-order valence-electron chi connectivity index (χ0n) is 12.5. The van der Waals surface area contributed by atoms with Gasteiger partial charge in [0, 0.05) is 12.0 Å². The lowest BCUT2D eigenvalue weighted by Gasteiger charge is -2.11. The quantitative estimate of drug-likeness (QED) is 0.655. The monoisotopic (exact) mass is 333 g/mol. The van der Waals surface area contributed by atoms with E-state index in [1.165, 1.54) is 6.20 Å². The highest BCUT2D eigenvalue weighted by molar-refractivity contribution is 6.32. The number of ether oxygens (including phenoxy) is 1. The number of halogens is 1. The summed E-state index contributed by atoms with van der Waals surface area (Å²) >= 11 is 6.29. The number of amides is 1. The molecule has 23 heavy (non-hydrogen) atoms. The molecule has 1 saturated carbocycles. The first-order valence-electron chi connectivity index (χ1n) is 7.07. The van der Waals surface area contributed by atoms with Gasteiger partial charge in [-0.1, -0.05) is 11.6 Å². The molecule has 0 spiro atoms. The van der Waals surface area contributed by atoms with Gasteiger partial charge in [0.1, 0.15) is 5.75 Å². The number of rotatable bonds is 4. The predicted molar refractivity (Wildman–Crippen MR) is 87.2 cm³/mol. The molecular weight excluding hydrogens is 318 g/mol. The molecule has 1 fully saturated rings. The van der Waals surface area contributed by atoms with Gasteiger partial charge in [0.05, 0.1) is 35.3 Å². The predicted octanol–water partition coefficient (Wildman–Crippen LogP) is 1.83. The van der Waals surface area contributed by atoms with E-state index in [2.05, 4.69) is 10.1 Å². The first kappa shape index (κ1) is 15.4. The molecule has 3 rings (SSSR count). The average molecular weight is 334 g/mol. The molecule has 7 nitrogen and oxygen atoms in total. The third-order valence-corrected chi connectivity index (χ3v) is 3.93. The zero-order valence-corrected chi connectivity index (χ0v) is 13.2. The fourth-order valence-corrected chi connectivity index (χ4v) is 2.62. The van der Waals surface area contributed by atoms with E-state index >= 15 is 0 Å². The van der Waals surface area contributed by atoms with Gasteiger partial charge in [0.25, 0.3) is 5.91 Å². The summed E-state index contributed by atoms with van der Waals surface area (Å²) in [5, 5.41) is 4.83. The molecule has 0 bridgehead atoms. The number of hydrogen-bond donors (Lipinski definition) is 2. The fraction of sp³-hybridized carbons (Fsp3) is 0.267. The second kappa shape index (κ2) is 5.92. The molecule has 2 aromatic rings. The van der Waals surface area contributed by atoms with Crippen molar-refractivity contribution in [3.8, 4) is 11.4 Å². The minimum absolute atomic E-state index is 0.243. The van der Waals surface area contributed by atoms with Crippen molar-refractivity contribution in [2.45, 2.75) is 18.8 Å². The molecule has 0 radical (unpaired) electrons. The normalized spacial score (nSPS) is 13.7. The third kappa shape index (κ3) is 3.00. The van der Waals surface area contributed by atoms with Crippen LogP contribution in [-0.2, 0) is 0 Å². The van der Waals surface area contributed by atoms with E-state index in [4.69, 9.17) is 27.8 Å². The Morgan fingerprint density at radius 2 is 2.17 bits per heavy atom. The highest BCUT2D eigenvalue weighted by Gasteiger charge is 2.33. The standard InChI is InChI=1S/C15H16ClN5O2/c1-23-9-4-5-11(16)12(6-9)21-13(8-2-3-8)10(7-19-21)14(22)20-15(17)18/h4-8H,2-3H2,1H3,(H4,17,18,20,22). The number of benzene rings is 1. The molecule has 0 unspecified atom stereocenters. The van der Waals surface area contributed by atoms with Gasteiger partial charge in [0.15, 0.2) is 5.96 Å². The molecule has 0 saturated heterocycles. The maximum Gasteiger partial charge on any atom is 0.283 e. The van der Waals surface area contributed by atoms with Gasteiger partial charge >= 0.3 is 0 Å². The molecular formula is C15H16ClN5O2. The second-order valence-electron chi connectivity index (χ2n) is 5.29. The van der Waals surface area contributed by atoms with Crippen LogP contribution < -0.4 is 16.2 Å². The van der Waals surface area contributed by atoms with Crippen LogP contribution >= 0.6 is 11.6 Å². The van der Waals surface area contributed by atoms with Crippen molar-refractivity contribution in [3.63, 3.8) is 0 Å². The van der Waals surface area contributed by atoms with Crippen molar-refractivity contribution in [2.75, 3.05) is 7.11 Å². The van der Waals surface area contributed by atoms with Crippen LogP contribution in [0, 0.1) is 0 Å². The molecule has 1 heterocycles. The maximum absolute atomic E-state index is 12.2. The number of nitrogens with two attached hydrogens (primary N) is 2. The van der Waals surface area contributed by atoms with Gasteiger partial charge in [-0.15, -0.1) is 0 Å². The Kier molecular flexibility index (Phi) is 3.96. The summed E-state index contributed by atoms with van der Waals surface area (Å²) in [6.07, 6.45) is 3.43. The van der Waals surface area contributed by atoms with Crippen LogP contribution in [0.4, 0.5) is 0 Å². The number of aliphatic imine (C=N–C) groups is 1. The molecule has 1 aliphatic rings. The van der Waals surface area contributed by atoms with Crippen LogP contribution in [0.3, 0.4) is 0 Å². The van der Waals surface area contributed by atoms with E-state index in [0.29, 0.717) is 22.0 Å². The first-order valence-corrected chi connectivity index (χ1v) is 7.45. The lowest BCUT2D eigenvalue weighted by Crippen LogP contribution is -2.24. The zero-order chi connectivity index (χ0) is 16.6. The van der Waals surface area contributed by atoms with Crippen LogP contribution in [0.1, 0.15) is 34.8 Å². The summed E-state index contributed by atoms with van der Waals surface area (Å²) < 4.78 is 6.90. The van der Waals surface area contributed by atoms with Crippen molar-refractivity contribution in [2.24, 2.45) is 16.5 Å². The average Bonchev–Trinajstić information content (AvgIpc) is 3.25. The summed E-state index contributed by atoms with van der Waals surface area (Å²) in [5.74, 6) is 0.118. The van der Waals surface area contributed by atoms with E-state index in [9.17, 15) is 4.79 Å². The van der Waals surface area contributed by atoms with E-state index in [1.807, 2.05) is 0 Å². The van der Waals surface area contributed by atoms with Crippen molar-refractivity contribution in [1.29, 1.82) is 0 Å². The van der Waals surface area contributed by atoms with Crippen molar-refractivity contribution < 1.29 is 9.53 Å². The van der Waals surface area contributed by atoms with Gasteiger partial charge in [-0.25, -0.2) is 4.68 Å². The number of methoxy groups -OCH3 is 1. The Morgan fingerprint density at radius 1 is 1.43 bits per heavy atom. The summed E-state index contributed by atoms with van der Waals surface area (Å²) in [7, 11) is 1.58. The van der Waals surface area contributed by atoms with Crippen molar-refractivity contribution in [3.05, 3.63) is 40.7 Å². The molecule has 120 valence electrons.